The summed E-state index contributed by atoms with van der Waals surface area (Å²) in [6.07, 6.45) is 6.24. The van der Waals surface area contributed by atoms with E-state index in [0.29, 0.717) is 29.2 Å². The molecule has 5 rings (SSSR count). The molecule has 2 aliphatic heterocycles. The Morgan fingerprint density at radius 2 is 1.72 bits per heavy atom. The highest BCUT2D eigenvalue weighted by Gasteiger charge is 2.38. The fraction of sp³-hybridized carbons (Fsp3) is 0.423. The molecule has 2 unspecified atom stereocenters. The predicted octanol–water partition coefficient (Wildman–Crippen LogP) is 4.12. The lowest BCUT2D eigenvalue weighted by Crippen LogP contribution is -2.36. The van der Waals surface area contributed by atoms with Gasteiger partial charge in [-0.2, -0.15) is 0 Å². The van der Waals surface area contributed by atoms with Crippen LogP contribution in [0.25, 0.3) is 0 Å². The molecule has 3 aliphatic rings. The van der Waals surface area contributed by atoms with Crippen LogP contribution in [0.4, 0.5) is 0 Å². The van der Waals surface area contributed by atoms with E-state index in [-0.39, 0.29) is 36.4 Å². The largest absolute Gasteiger partial charge is 0.376 e. The summed E-state index contributed by atoms with van der Waals surface area (Å²) in [6, 6.07) is 14.8. The lowest BCUT2D eigenvalue weighted by atomic mass is 9.91. The third-order valence-electron chi connectivity index (χ3n) is 6.96. The highest BCUT2D eigenvalue weighted by molar-refractivity contribution is 6.22. The van der Waals surface area contributed by atoms with Crippen LogP contribution in [-0.4, -0.2) is 41.9 Å². The molecule has 1 N–H and O–H groups in total. The van der Waals surface area contributed by atoms with Gasteiger partial charge in [0.15, 0.2) is 0 Å². The molecular weight excluding hydrogens is 404 g/mol. The highest BCUT2D eigenvalue weighted by Crippen LogP contribution is 2.36. The van der Waals surface area contributed by atoms with Crippen molar-refractivity contribution < 1.29 is 19.1 Å². The maximum absolute atomic E-state index is 13.2. The molecule has 1 aliphatic carbocycles. The van der Waals surface area contributed by atoms with Crippen molar-refractivity contribution in [3.05, 3.63) is 70.8 Å². The van der Waals surface area contributed by atoms with Gasteiger partial charge in [0.25, 0.3) is 17.7 Å². The molecule has 2 fully saturated rings. The first-order valence-corrected chi connectivity index (χ1v) is 11.6. The molecule has 1 saturated carbocycles. The minimum atomic E-state index is -0.342. The van der Waals surface area contributed by atoms with E-state index in [1.54, 1.807) is 18.2 Å². The summed E-state index contributed by atoms with van der Waals surface area (Å²) >= 11 is 0. The zero-order valence-electron chi connectivity index (χ0n) is 18.1. The number of imide groups is 1. The molecule has 0 radical (unpaired) electrons. The molecule has 0 aromatic heterocycles. The first kappa shape index (κ1) is 20.9. The van der Waals surface area contributed by atoms with Gasteiger partial charge in [0.2, 0.25) is 0 Å². The highest BCUT2D eigenvalue weighted by atomic mass is 16.5. The van der Waals surface area contributed by atoms with Gasteiger partial charge in [0.1, 0.15) is 0 Å². The standard InChI is InChI=1S/C26H28N2O4/c29-24(27-23(18-9-4-5-10-18)17-7-2-1-3-8-17)19-12-13-21-22(15-19)26(31)28(25(21)30)16-20-11-6-14-32-20/h1-3,7-8,12-13,15,18,20,23H,4-6,9-11,14,16H2,(H,27,29). The smallest absolute Gasteiger partial charge is 0.261 e. The van der Waals surface area contributed by atoms with E-state index >= 15 is 0 Å². The Labute approximate surface area is 187 Å². The molecule has 0 spiro atoms. The van der Waals surface area contributed by atoms with Crippen LogP contribution in [-0.2, 0) is 4.74 Å². The number of fused-ring (bicyclic) bond motifs is 1. The van der Waals surface area contributed by atoms with Crippen LogP contribution in [0.3, 0.4) is 0 Å². The van der Waals surface area contributed by atoms with Gasteiger partial charge >= 0.3 is 0 Å². The summed E-state index contributed by atoms with van der Waals surface area (Å²) in [5, 5.41) is 3.21. The van der Waals surface area contributed by atoms with Crippen molar-refractivity contribution in [1.82, 2.24) is 10.2 Å². The fourth-order valence-electron chi connectivity index (χ4n) is 5.24. The van der Waals surface area contributed by atoms with Crippen LogP contribution in [0, 0.1) is 5.92 Å². The minimum Gasteiger partial charge on any atom is -0.376 e. The molecule has 2 aromatic rings. The van der Waals surface area contributed by atoms with Crippen LogP contribution in [0.2, 0.25) is 0 Å². The molecule has 2 aromatic carbocycles. The summed E-state index contributed by atoms with van der Waals surface area (Å²) in [6.45, 7) is 0.938. The number of carbonyl (C=O) groups is 3. The second kappa shape index (κ2) is 8.87. The summed E-state index contributed by atoms with van der Waals surface area (Å²) in [5.74, 6) is -0.460. The number of nitrogens with one attached hydrogen (secondary N) is 1. The van der Waals surface area contributed by atoms with Crippen LogP contribution < -0.4 is 5.32 Å². The van der Waals surface area contributed by atoms with Gasteiger partial charge in [0, 0.05) is 12.2 Å². The zero-order valence-corrected chi connectivity index (χ0v) is 18.1. The van der Waals surface area contributed by atoms with E-state index in [1.807, 2.05) is 18.2 Å². The molecule has 6 heteroatoms. The summed E-state index contributed by atoms with van der Waals surface area (Å²) in [5.41, 5.74) is 2.17. The van der Waals surface area contributed by atoms with Crippen molar-refractivity contribution in [2.24, 2.45) is 5.92 Å². The average molecular weight is 433 g/mol. The van der Waals surface area contributed by atoms with Crippen molar-refractivity contribution in [2.45, 2.75) is 50.7 Å². The quantitative estimate of drug-likeness (QED) is 0.697. The number of amides is 3. The summed E-state index contributed by atoms with van der Waals surface area (Å²) in [4.78, 5) is 40.2. The van der Waals surface area contributed by atoms with Gasteiger partial charge in [-0.3, -0.25) is 19.3 Å². The molecule has 2 heterocycles. The summed E-state index contributed by atoms with van der Waals surface area (Å²) < 4.78 is 5.60. The van der Waals surface area contributed by atoms with Crippen molar-refractivity contribution in [3.8, 4) is 0 Å². The Balaban J connectivity index is 1.35. The van der Waals surface area contributed by atoms with Gasteiger partial charge in [0.05, 0.1) is 29.8 Å². The van der Waals surface area contributed by atoms with Crippen molar-refractivity contribution >= 4 is 17.7 Å². The van der Waals surface area contributed by atoms with Gasteiger partial charge in [-0.25, -0.2) is 0 Å². The number of benzene rings is 2. The Hall–Kier alpha value is -2.99. The number of hydrogen-bond donors (Lipinski definition) is 1. The first-order valence-electron chi connectivity index (χ1n) is 11.6. The Morgan fingerprint density at radius 1 is 0.969 bits per heavy atom. The third kappa shape index (κ3) is 3.95. The van der Waals surface area contributed by atoms with Crippen molar-refractivity contribution in [2.75, 3.05) is 13.2 Å². The van der Waals surface area contributed by atoms with Crippen LogP contribution >= 0.6 is 0 Å². The minimum absolute atomic E-state index is 0.0622. The molecule has 0 bridgehead atoms. The number of rotatable bonds is 6. The topological polar surface area (TPSA) is 75.7 Å². The van der Waals surface area contributed by atoms with Gasteiger partial charge < -0.3 is 10.1 Å². The molecule has 3 amide bonds. The molecular formula is C26H28N2O4. The van der Waals surface area contributed by atoms with E-state index in [0.717, 1.165) is 31.2 Å². The molecule has 6 nitrogen and oxygen atoms in total. The monoisotopic (exact) mass is 432 g/mol. The lowest BCUT2D eigenvalue weighted by Gasteiger charge is -2.25. The maximum Gasteiger partial charge on any atom is 0.261 e. The van der Waals surface area contributed by atoms with E-state index < -0.39 is 0 Å². The Bertz CT molecular complexity index is 1020. The number of ether oxygens (including phenoxy) is 1. The zero-order chi connectivity index (χ0) is 22.1. The first-order chi connectivity index (χ1) is 15.6. The maximum atomic E-state index is 13.2. The second-order valence-corrected chi connectivity index (χ2v) is 9.02. The number of hydrogen-bond acceptors (Lipinski definition) is 4. The SMILES string of the molecule is O=C(NC(c1ccccc1)C1CCCC1)c1ccc2c(c1)C(=O)N(CC1CCCO1)C2=O. The van der Waals surface area contributed by atoms with E-state index in [4.69, 9.17) is 4.74 Å². The lowest BCUT2D eigenvalue weighted by molar-refractivity contribution is 0.0475. The Kier molecular flexibility index (Phi) is 5.79. The van der Waals surface area contributed by atoms with Crippen LogP contribution in [0.5, 0.6) is 0 Å². The van der Waals surface area contributed by atoms with Crippen molar-refractivity contribution in [1.29, 1.82) is 0 Å². The van der Waals surface area contributed by atoms with Crippen LogP contribution in [0.15, 0.2) is 48.5 Å². The van der Waals surface area contributed by atoms with Crippen molar-refractivity contribution in [3.63, 3.8) is 0 Å². The second-order valence-electron chi connectivity index (χ2n) is 9.02. The Morgan fingerprint density at radius 3 is 2.44 bits per heavy atom. The van der Waals surface area contributed by atoms with E-state index in [2.05, 4.69) is 17.4 Å². The molecule has 166 valence electrons. The fourth-order valence-corrected chi connectivity index (χ4v) is 5.24. The average Bonchev–Trinajstić information content (AvgIpc) is 3.58. The van der Waals surface area contributed by atoms with Crippen LogP contribution in [0.1, 0.15) is 81.2 Å². The molecule has 32 heavy (non-hydrogen) atoms. The van der Waals surface area contributed by atoms with Gasteiger partial charge in [-0.1, -0.05) is 43.2 Å². The number of nitrogens with zero attached hydrogens (tertiary/aromatic N) is 1. The van der Waals surface area contributed by atoms with E-state index in [1.165, 1.54) is 17.7 Å². The number of carbonyl (C=O) groups excluding carboxylic acids is 3. The summed E-state index contributed by atoms with van der Waals surface area (Å²) in [7, 11) is 0. The third-order valence-corrected chi connectivity index (χ3v) is 6.96. The predicted molar refractivity (Wildman–Crippen MR) is 119 cm³/mol. The van der Waals surface area contributed by atoms with Gasteiger partial charge in [-0.05, 0) is 55.4 Å². The van der Waals surface area contributed by atoms with E-state index in [9.17, 15) is 14.4 Å². The normalized spacial score (nSPS) is 21.8. The molecule has 2 atom stereocenters. The molecule has 1 saturated heterocycles. The van der Waals surface area contributed by atoms with Gasteiger partial charge in [-0.15, -0.1) is 0 Å².